The van der Waals surface area contributed by atoms with E-state index in [1.807, 2.05) is 33.0 Å². The number of aromatic nitrogens is 2. The van der Waals surface area contributed by atoms with Crippen LogP contribution in [0.25, 0.3) is 0 Å². The highest BCUT2D eigenvalue weighted by atomic mass is 35.5. The molecule has 1 aromatic heterocycles. The fraction of sp³-hybridized carbons (Fsp3) is 0.524. The lowest BCUT2D eigenvalue weighted by atomic mass is 10.0. The summed E-state index contributed by atoms with van der Waals surface area (Å²) in [4.78, 5) is 15.3. The summed E-state index contributed by atoms with van der Waals surface area (Å²) in [5, 5.41) is 7.90. The molecule has 0 spiro atoms. The number of carbonyl (C=O) groups excluding carboxylic acids is 1. The SMILES string of the molecule is CCN(c1cc(Cl)cc(C(=O)NCc2cc(C)nn2C)c1C)C1CCOCC1. The summed E-state index contributed by atoms with van der Waals surface area (Å²) in [5.74, 6) is -0.122. The third kappa shape index (κ3) is 4.50. The Hall–Kier alpha value is -2.05. The maximum atomic E-state index is 12.9. The number of carbonyl (C=O) groups is 1. The van der Waals surface area contributed by atoms with Crippen LogP contribution in [0.5, 0.6) is 0 Å². The van der Waals surface area contributed by atoms with Crippen LogP contribution in [0.2, 0.25) is 5.02 Å². The topological polar surface area (TPSA) is 59.4 Å². The first-order chi connectivity index (χ1) is 13.4. The van der Waals surface area contributed by atoms with Gasteiger partial charge < -0.3 is 15.0 Å². The number of nitrogens with zero attached hydrogens (tertiary/aromatic N) is 3. The number of aryl methyl sites for hydroxylation is 2. The Bertz CT molecular complexity index is 843. The Morgan fingerprint density at radius 3 is 2.64 bits per heavy atom. The van der Waals surface area contributed by atoms with Gasteiger partial charge in [-0.05, 0) is 57.4 Å². The average Bonchev–Trinajstić information content (AvgIpc) is 3.01. The van der Waals surface area contributed by atoms with Gasteiger partial charge in [0.15, 0.2) is 0 Å². The van der Waals surface area contributed by atoms with Crippen molar-refractivity contribution in [3.8, 4) is 0 Å². The van der Waals surface area contributed by atoms with Crippen molar-refractivity contribution < 1.29 is 9.53 Å². The predicted octanol–water partition coefficient (Wildman–Crippen LogP) is 3.63. The highest BCUT2D eigenvalue weighted by Gasteiger charge is 2.24. The zero-order chi connectivity index (χ0) is 20.3. The molecule has 2 aromatic rings. The molecule has 3 rings (SSSR count). The first kappa shape index (κ1) is 20.7. The Labute approximate surface area is 171 Å². The van der Waals surface area contributed by atoms with Crippen molar-refractivity contribution in [2.24, 2.45) is 7.05 Å². The van der Waals surface area contributed by atoms with E-state index in [1.54, 1.807) is 10.7 Å². The minimum absolute atomic E-state index is 0.122. The molecular weight excluding hydrogens is 376 g/mol. The summed E-state index contributed by atoms with van der Waals surface area (Å²) in [6, 6.07) is 6.10. The third-order valence-corrected chi connectivity index (χ3v) is 5.62. The molecule has 6 nitrogen and oxygen atoms in total. The summed E-state index contributed by atoms with van der Waals surface area (Å²) in [6.45, 7) is 8.91. The number of rotatable bonds is 6. The molecule has 2 heterocycles. The van der Waals surface area contributed by atoms with Crippen molar-refractivity contribution in [1.29, 1.82) is 0 Å². The summed E-state index contributed by atoms with van der Waals surface area (Å²) >= 11 is 6.41. The molecule has 1 aliphatic rings. The van der Waals surface area contributed by atoms with Crippen LogP contribution in [0, 0.1) is 13.8 Å². The van der Waals surface area contributed by atoms with Gasteiger partial charge in [-0.15, -0.1) is 0 Å². The number of hydrogen-bond acceptors (Lipinski definition) is 4. The van der Waals surface area contributed by atoms with Crippen LogP contribution in [-0.2, 0) is 18.3 Å². The third-order valence-electron chi connectivity index (χ3n) is 5.40. The van der Waals surface area contributed by atoms with E-state index in [0.29, 0.717) is 23.2 Å². The number of ether oxygens (including phenoxy) is 1. The molecule has 0 unspecified atom stereocenters. The zero-order valence-corrected chi connectivity index (χ0v) is 17.8. The van der Waals surface area contributed by atoms with E-state index in [2.05, 4.69) is 22.2 Å². The Morgan fingerprint density at radius 1 is 1.32 bits per heavy atom. The molecular formula is C21H29ClN4O2. The van der Waals surface area contributed by atoms with Crippen molar-refractivity contribution >= 4 is 23.2 Å². The van der Waals surface area contributed by atoms with Crippen LogP contribution < -0.4 is 10.2 Å². The lowest BCUT2D eigenvalue weighted by molar-refractivity contribution is 0.0846. The predicted molar refractivity (Wildman–Crippen MR) is 112 cm³/mol. The standard InChI is InChI=1S/C21H29ClN4O2/c1-5-26(17-6-8-28-9-7-17)20-12-16(22)11-19(15(20)3)21(27)23-13-18-10-14(2)24-25(18)4/h10-12,17H,5-9,13H2,1-4H3,(H,23,27). The number of benzene rings is 1. The quantitative estimate of drug-likeness (QED) is 0.798. The van der Waals surface area contributed by atoms with Crippen molar-refractivity contribution in [1.82, 2.24) is 15.1 Å². The normalized spacial score (nSPS) is 14.9. The second kappa shape index (κ2) is 8.97. The van der Waals surface area contributed by atoms with Crippen molar-refractivity contribution in [3.63, 3.8) is 0 Å². The number of hydrogen-bond donors (Lipinski definition) is 1. The Kier molecular flexibility index (Phi) is 6.62. The molecule has 1 aromatic carbocycles. The van der Waals surface area contributed by atoms with Gasteiger partial charge in [0.2, 0.25) is 0 Å². The van der Waals surface area contributed by atoms with Gasteiger partial charge in [0, 0.05) is 49.1 Å². The lowest BCUT2D eigenvalue weighted by Gasteiger charge is -2.36. The van der Waals surface area contributed by atoms with Crippen LogP contribution in [0.3, 0.4) is 0 Å². The highest BCUT2D eigenvalue weighted by Crippen LogP contribution is 2.31. The van der Waals surface area contributed by atoms with Gasteiger partial charge >= 0.3 is 0 Å². The zero-order valence-electron chi connectivity index (χ0n) is 17.1. The monoisotopic (exact) mass is 404 g/mol. The molecule has 152 valence electrons. The Morgan fingerprint density at radius 2 is 2.04 bits per heavy atom. The number of anilines is 1. The van der Waals surface area contributed by atoms with E-state index < -0.39 is 0 Å². The van der Waals surface area contributed by atoms with Gasteiger partial charge in [-0.3, -0.25) is 9.48 Å². The average molecular weight is 405 g/mol. The minimum atomic E-state index is -0.122. The minimum Gasteiger partial charge on any atom is -0.381 e. The molecule has 1 saturated heterocycles. The van der Waals surface area contributed by atoms with Crippen LogP contribution >= 0.6 is 11.6 Å². The van der Waals surface area contributed by atoms with E-state index in [1.165, 1.54) is 0 Å². The molecule has 0 atom stereocenters. The second-order valence-electron chi connectivity index (χ2n) is 7.31. The van der Waals surface area contributed by atoms with Crippen LogP contribution in [-0.4, -0.2) is 41.5 Å². The van der Waals surface area contributed by atoms with E-state index >= 15 is 0 Å². The fourth-order valence-electron chi connectivity index (χ4n) is 3.92. The van der Waals surface area contributed by atoms with Crippen molar-refractivity contribution in [2.75, 3.05) is 24.7 Å². The highest BCUT2D eigenvalue weighted by molar-refractivity contribution is 6.31. The number of halogens is 1. The molecule has 28 heavy (non-hydrogen) atoms. The van der Waals surface area contributed by atoms with Crippen molar-refractivity contribution in [2.45, 2.75) is 46.2 Å². The molecule has 0 radical (unpaired) electrons. The summed E-state index contributed by atoms with van der Waals surface area (Å²) in [6.07, 6.45) is 1.97. The van der Waals surface area contributed by atoms with E-state index in [9.17, 15) is 4.79 Å². The smallest absolute Gasteiger partial charge is 0.251 e. The lowest BCUT2D eigenvalue weighted by Crippen LogP contribution is -2.40. The second-order valence-corrected chi connectivity index (χ2v) is 7.75. The van der Waals surface area contributed by atoms with Crippen molar-refractivity contribution in [3.05, 3.63) is 45.7 Å². The maximum Gasteiger partial charge on any atom is 0.251 e. The molecule has 7 heteroatoms. The number of amides is 1. The van der Waals surface area contributed by atoms with Gasteiger partial charge in [0.05, 0.1) is 17.9 Å². The van der Waals surface area contributed by atoms with E-state index in [-0.39, 0.29) is 5.91 Å². The molecule has 0 bridgehead atoms. The molecule has 0 saturated carbocycles. The molecule has 1 N–H and O–H groups in total. The van der Waals surface area contributed by atoms with Gasteiger partial charge in [-0.1, -0.05) is 11.6 Å². The molecule has 1 fully saturated rings. The summed E-state index contributed by atoms with van der Waals surface area (Å²) < 4.78 is 7.30. The van der Waals surface area contributed by atoms with Crippen LogP contribution in [0.15, 0.2) is 18.2 Å². The summed E-state index contributed by atoms with van der Waals surface area (Å²) in [5.41, 5.74) is 4.50. The fourth-order valence-corrected chi connectivity index (χ4v) is 4.13. The summed E-state index contributed by atoms with van der Waals surface area (Å²) in [7, 11) is 1.88. The first-order valence-corrected chi connectivity index (χ1v) is 10.2. The number of nitrogens with one attached hydrogen (secondary N) is 1. The van der Waals surface area contributed by atoms with E-state index in [4.69, 9.17) is 16.3 Å². The van der Waals surface area contributed by atoms with Crippen LogP contribution in [0.4, 0.5) is 5.69 Å². The maximum absolute atomic E-state index is 12.9. The Balaban J connectivity index is 1.82. The largest absolute Gasteiger partial charge is 0.381 e. The molecule has 0 aliphatic carbocycles. The van der Waals surface area contributed by atoms with E-state index in [0.717, 1.165) is 55.2 Å². The van der Waals surface area contributed by atoms with Crippen LogP contribution in [0.1, 0.15) is 47.1 Å². The molecule has 1 amide bonds. The van der Waals surface area contributed by atoms with Gasteiger partial charge in [-0.2, -0.15) is 5.10 Å². The van der Waals surface area contributed by atoms with Gasteiger partial charge in [0.1, 0.15) is 0 Å². The molecule has 1 aliphatic heterocycles. The van der Waals surface area contributed by atoms with Gasteiger partial charge in [0.25, 0.3) is 5.91 Å². The van der Waals surface area contributed by atoms with Gasteiger partial charge in [-0.25, -0.2) is 0 Å². The first-order valence-electron chi connectivity index (χ1n) is 9.83.